The van der Waals surface area contributed by atoms with E-state index in [0.29, 0.717) is 6.61 Å². The number of anilines is 1. The van der Waals surface area contributed by atoms with Crippen LogP contribution in [0.5, 0.6) is 5.75 Å². The highest BCUT2D eigenvalue weighted by atomic mass is 16.5. The largest absolute Gasteiger partial charge is 0.494 e. The molecule has 0 bridgehead atoms. The van der Waals surface area contributed by atoms with Gasteiger partial charge in [-0.3, -0.25) is 0 Å². The molecule has 0 amide bonds. The Bertz CT molecular complexity index is 371. The molecule has 0 heterocycles. The first-order chi connectivity index (χ1) is 7.95. The maximum atomic E-state index is 10.9. The topological polar surface area (TPSA) is 58.6 Å². The van der Waals surface area contributed by atoms with Gasteiger partial charge in [-0.1, -0.05) is 6.92 Å². The van der Waals surface area contributed by atoms with Crippen LogP contribution in [0.25, 0.3) is 0 Å². The number of ether oxygens (including phenoxy) is 1. The highest BCUT2D eigenvalue weighted by Crippen LogP contribution is 2.19. The second kappa shape index (κ2) is 5.57. The van der Waals surface area contributed by atoms with Gasteiger partial charge in [0.25, 0.3) is 0 Å². The third-order valence-electron chi connectivity index (χ3n) is 2.32. The van der Waals surface area contributed by atoms with E-state index in [1.165, 1.54) is 0 Å². The molecule has 0 aromatic heterocycles. The SMILES string of the molecule is CCCOc1ccc(NC(C)(C)C(=O)O)cc1. The molecule has 0 radical (unpaired) electrons. The summed E-state index contributed by atoms with van der Waals surface area (Å²) in [4.78, 5) is 10.9. The molecule has 0 saturated heterocycles. The Labute approximate surface area is 102 Å². The number of carboxylic acid groups (broad SMARTS) is 1. The van der Waals surface area contributed by atoms with Crippen molar-refractivity contribution in [3.63, 3.8) is 0 Å². The summed E-state index contributed by atoms with van der Waals surface area (Å²) in [7, 11) is 0. The molecule has 0 unspecified atom stereocenters. The van der Waals surface area contributed by atoms with E-state index in [4.69, 9.17) is 9.84 Å². The summed E-state index contributed by atoms with van der Waals surface area (Å²) in [5.41, 5.74) is -0.215. The van der Waals surface area contributed by atoms with E-state index in [1.807, 2.05) is 31.2 Å². The fourth-order valence-electron chi connectivity index (χ4n) is 1.27. The van der Waals surface area contributed by atoms with Gasteiger partial charge < -0.3 is 15.2 Å². The first-order valence-electron chi connectivity index (χ1n) is 5.70. The standard InChI is InChI=1S/C13H19NO3/c1-4-9-17-11-7-5-10(6-8-11)14-13(2,3)12(15)16/h5-8,14H,4,9H2,1-3H3,(H,15,16). The zero-order chi connectivity index (χ0) is 12.9. The summed E-state index contributed by atoms with van der Waals surface area (Å²) in [6.07, 6.45) is 0.964. The fourth-order valence-corrected chi connectivity index (χ4v) is 1.27. The number of rotatable bonds is 6. The average molecular weight is 237 g/mol. The van der Waals surface area contributed by atoms with Crippen LogP contribution in [0.4, 0.5) is 5.69 Å². The molecule has 1 aromatic carbocycles. The Morgan fingerprint density at radius 3 is 2.41 bits per heavy atom. The monoisotopic (exact) mass is 237 g/mol. The van der Waals surface area contributed by atoms with E-state index in [-0.39, 0.29) is 0 Å². The number of nitrogens with one attached hydrogen (secondary N) is 1. The van der Waals surface area contributed by atoms with Gasteiger partial charge in [-0.15, -0.1) is 0 Å². The van der Waals surface area contributed by atoms with Crippen molar-refractivity contribution in [3.8, 4) is 5.75 Å². The highest BCUT2D eigenvalue weighted by Gasteiger charge is 2.26. The molecule has 2 N–H and O–H groups in total. The fraction of sp³-hybridized carbons (Fsp3) is 0.462. The first kappa shape index (κ1) is 13.4. The molecular formula is C13H19NO3. The van der Waals surface area contributed by atoms with E-state index in [2.05, 4.69) is 5.32 Å². The summed E-state index contributed by atoms with van der Waals surface area (Å²) in [5.74, 6) is -0.0886. The lowest BCUT2D eigenvalue weighted by Crippen LogP contribution is -2.39. The van der Waals surface area contributed by atoms with Crippen LogP contribution in [0.15, 0.2) is 24.3 Å². The third kappa shape index (κ3) is 3.98. The third-order valence-corrected chi connectivity index (χ3v) is 2.32. The van der Waals surface area contributed by atoms with Crippen LogP contribution in [-0.4, -0.2) is 23.2 Å². The van der Waals surface area contributed by atoms with Crippen molar-refractivity contribution < 1.29 is 14.6 Å². The van der Waals surface area contributed by atoms with Gasteiger partial charge in [-0.2, -0.15) is 0 Å². The number of carboxylic acids is 1. The maximum absolute atomic E-state index is 10.9. The van der Waals surface area contributed by atoms with E-state index < -0.39 is 11.5 Å². The van der Waals surface area contributed by atoms with Crippen molar-refractivity contribution in [1.82, 2.24) is 0 Å². The smallest absolute Gasteiger partial charge is 0.328 e. The van der Waals surface area contributed by atoms with E-state index in [1.54, 1.807) is 13.8 Å². The Balaban J connectivity index is 2.65. The molecule has 94 valence electrons. The van der Waals surface area contributed by atoms with Crippen molar-refractivity contribution in [2.45, 2.75) is 32.7 Å². The van der Waals surface area contributed by atoms with E-state index in [0.717, 1.165) is 17.9 Å². The van der Waals surface area contributed by atoms with Gasteiger partial charge in [0.05, 0.1) is 6.61 Å². The maximum Gasteiger partial charge on any atom is 0.328 e. The van der Waals surface area contributed by atoms with Crippen molar-refractivity contribution >= 4 is 11.7 Å². The predicted molar refractivity (Wildman–Crippen MR) is 67.6 cm³/mol. The van der Waals surface area contributed by atoms with Gasteiger partial charge in [0.15, 0.2) is 0 Å². The number of hydrogen-bond acceptors (Lipinski definition) is 3. The summed E-state index contributed by atoms with van der Waals surface area (Å²) in [6.45, 7) is 5.98. The molecule has 1 aromatic rings. The highest BCUT2D eigenvalue weighted by molar-refractivity contribution is 5.81. The van der Waals surface area contributed by atoms with Gasteiger partial charge in [0.1, 0.15) is 11.3 Å². The van der Waals surface area contributed by atoms with Crippen LogP contribution < -0.4 is 10.1 Å². The minimum absolute atomic E-state index is 0.688. The number of benzene rings is 1. The Morgan fingerprint density at radius 1 is 1.35 bits per heavy atom. The molecule has 0 aliphatic heterocycles. The molecule has 1 rings (SSSR count). The molecule has 0 fully saturated rings. The van der Waals surface area contributed by atoms with Gasteiger partial charge in [0.2, 0.25) is 0 Å². The molecule has 4 heteroatoms. The van der Waals surface area contributed by atoms with Gasteiger partial charge in [0, 0.05) is 5.69 Å². The lowest BCUT2D eigenvalue weighted by Gasteiger charge is -2.22. The first-order valence-corrected chi connectivity index (χ1v) is 5.70. The second-order valence-electron chi connectivity index (χ2n) is 4.43. The van der Waals surface area contributed by atoms with Gasteiger partial charge in [-0.25, -0.2) is 4.79 Å². The lowest BCUT2D eigenvalue weighted by molar-refractivity contribution is -0.141. The Hall–Kier alpha value is -1.71. The summed E-state index contributed by atoms with van der Waals surface area (Å²) in [5, 5.41) is 11.9. The predicted octanol–water partition coefficient (Wildman–Crippen LogP) is 2.75. The normalized spacial score (nSPS) is 11.0. The second-order valence-corrected chi connectivity index (χ2v) is 4.43. The number of hydrogen-bond donors (Lipinski definition) is 2. The molecule has 0 saturated carbocycles. The van der Waals surface area contributed by atoms with Crippen LogP contribution in [0.3, 0.4) is 0 Å². The molecular weight excluding hydrogens is 218 g/mol. The zero-order valence-electron chi connectivity index (χ0n) is 10.5. The minimum atomic E-state index is -0.980. The van der Waals surface area contributed by atoms with Crippen LogP contribution in [-0.2, 0) is 4.79 Å². The Morgan fingerprint density at radius 2 is 1.94 bits per heavy atom. The molecule has 0 aliphatic rings. The summed E-state index contributed by atoms with van der Waals surface area (Å²) >= 11 is 0. The van der Waals surface area contributed by atoms with Gasteiger partial charge in [-0.05, 0) is 44.5 Å². The van der Waals surface area contributed by atoms with Gasteiger partial charge >= 0.3 is 5.97 Å². The van der Waals surface area contributed by atoms with Crippen LogP contribution >= 0.6 is 0 Å². The number of carbonyl (C=O) groups is 1. The molecule has 0 spiro atoms. The number of aliphatic carboxylic acids is 1. The van der Waals surface area contributed by atoms with Crippen LogP contribution in [0.1, 0.15) is 27.2 Å². The lowest BCUT2D eigenvalue weighted by atomic mass is 10.1. The van der Waals surface area contributed by atoms with Crippen molar-refractivity contribution in [2.75, 3.05) is 11.9 Å². The van der Waals surface area contributed by atoms with Crippen LogP contribution in [0, 0.1) is 0 Å². The molecule has 0 aliphatic carbocycles. The zero-order valence-corrected chi connectivity index (χ0v) is 10.5. The Kier molecular flexibility index (Phi) is 4.37. The van der Waals surface area contributed by atoms with Crippen molar-refractivity contribution in [2.24, 2.45) is 0 Å². The summed E-state index contributed by atoms with van der Waals surface area (Å²) in [6, 6.07) is 7.29. The van der Waals surface area contributed by atoms with E-state index >= 15 is 0 Å². The quantitative estimate of drug-likeness (QED) is 0.798. The van der Waals surface area contributed by atoms with E-state index in [9.17, 15) is 4.79 Å². The van der Waals surface area contributed by atoms with Crippen LogP contribution in [0.2, 0.25) is 0 Å². The minimum Gasteiger partial charge on any atom is -0.494 e. The molecule has 0 atom stereocenters. The molecule has 4 nitrogen and oxygen atoms in total. The summed E-state index contributed by atoms with van der Waals surface area (Å²) < 4.78 is 5.44. The van der Waals surface area contributed by atoms with Crippen molar-refractivity contribution in [1.29, 1.82) is 0 Å². The van der Waals surface area contributed by atoms with Crippen molar-refractivity contribution in [3.05, 3.63) is 24.3 Å². The average Bonchev–Trinajstić information content (AvgIpc) is 2.27. The molecule has 17 heavy (non-hydrogen) atoms.